The van der Waals surface area contributed by atoms with Gasteiger partial charge in [-0.3, -0.25) is 0 Å². The number of hydrogen-bond donors (Lipinski definition) is 1. The van der Waals surface area contributed by atoms with Gasteiger partial charge in [0, 0.05) is 25.1 Å². The largest absolute Gasteiger partial charge is 0.433 e. The highest BCUT2D eigenvalue weighted by molar-refractivity contribution is 7.98. The van der Waals surface area contributed by atoms with E-state index in [9.17, 15) is 13.2 Å². The maximum Gasteiger partial charge on any atom is 0.433 e. The zero-order valence-corrected chi connectivity index (χ0v) is 12.4. The van der Waals surface area contributed by atoms with E-state index in [-0.39, 0.29) is 12.1 Å². The summed E-state index contributed by atoms with van der Waals surface area (Å²) >= 11 is 1.58. The molecule has 7 heteroatoms. The van der Waals surface area contributed by atoms with Crippen LogP contribution < -0.4 is 5.32 Å². The van der Waals surface area contributed by atoms with Gasteiger partial charge in [0.15, 0.2) is 5.69 Å². The summed E-state index contributed by atoms with van der Waals surface area (Å²) in [6.45, 7) is 5.02. The Morgan fingerprint density at radius 1 is 1.30 bits per heavy atom. The van der Waals surface area contributed by atoms with Gasteiger partial charge >= 0.3 is 6.18 Å². The van der Waals surface area contributed by atoms with Crippen LogP contribution in [0.4, 0.5) is 13.2 Å². The van der Waals surface area contributed by atoms with Crippen molar-refractivity contribution in [2.24, 2.45) is 5.92 Å². The first-order valence-corrected chi connectivity index (χ1v) is 7.77. The van der Waals surface area contributed by atoms with E-state index in [4.69, 9.17) is 0 Å². The van der Waals surface area contributed by atoms with Crippen molar-refractivity contribution in [2.45, 2.75) is 38.7 Å². The number of aromatic nitrogens is 2. The second-order valence-corrected chi connectivity index (χ2v) is 6.28. The molecular formula is C13H18F3N3S. The Bertz CT molecular complexity index is 475. The molecule has 0 atom stereocenters. The molecule has 0 fully saturated rings. The first-order chi connectivity index (χ1) is 9.38. The molecule has 1 aliphatic rings. The van der Waals surface area contributed by atoms with Crippen LogP contribution in [0.2, 0.25) is 0 Å². The molecule has 1 aliphatic heterocycles. The zero-order chi connectivity index (χ0) is 14.8. The number of alkyl halides is 3. The van der Waals surface area contributed by atoms with Crippen LogP contribution in [0.25, 0.3) is 0 Å². The quantitative estimate of drug-likeness (QED) is 0.928. The van der Waals surface area contributed by atoms with E-state index >= 15 is 0 Å². The molecule has 0 aromatic carbocycles. The molecule has 0 aliphatic carbocycles. The summed E-state index contributed by atoms with van der Waals surface area (Å²) in [6.07, 6.45) is -3.88. The van der Waals surface area contributed by atoms with Gasteiger partial charge in [-0.25, -0.2) is 9.97 Å². The lowest BCUT2D eigenvalue weighted by Gasteiger charge is -2.21. The minimum absolute atomic E-state index is 0.198. The number of hydrogen-bond acceptors (Lipinski definition) is 4. The molecular weight excluding hydrogens is 287 g/mol. The van der Waals surface area contributed by atoms with Gasteiger partial charge in [0.1, 0.15) is 5.82 Å². The first kappa shape index (κ1) is 15.6. The number of nitrogens with zero attached hydrogens (tertiary/aromatic N) is 2. The van der Waals surface area contributed by atoms with Crippen molar-refractivity contribution in [3.05, 3.63) is 22.8 Å². The van der Waals surface area contributed by atoms with E-state index in [1.54, 1.807) is 11.8 Å². The number of rotatable bonds is 4. The number of nitrogens with one attached hydrogen (secondary N) is 1. The molecule has 0 saturated carbocycles. The van der Waals surface area contributed by atoms with Crippen molar-refractivity contribution in [1.29, 1.82) is 0 Å². The van der Waals surface area contributed by atoms with Crippen LogP contribution >= 0.6 is 11.8 Å². The van der Waals surface area contributed by atoms with Gasteiger partial charge < -0.3 is 5.32 Å². The molecule has 3 nitrogen and oxygen atoms in total. The molecule has 0 amide bonds. The average molecular weight is 305 g/mol. The molecule has 0 saturated heterocycles. The van der Waals surface area contributed by atoms with Gasteiger partial charge in [0.05, 0.1) is 11.4 Å². The van der Waals surface area contributed by atoms with E-state index in [0.29, 0.717) is 36.2 Å². The summed E-state index contributed by atoms with van der Waals surface area (Å²) in [4.78, 5) is 8.07. The molecule has 0 bridgehead atoms. The Balaban J connectivity index is 2.26. The lowest BCUT2D eigenvalue weighted by atomic mass is 10.0. The summed E-state index contributed by atoms with van der Waals surface area (Å²) in [5, 5.41) is 2.95. The average Bonchev–Trinajstić information content (AvgIpc) is 2.36. The van der Waals surface area contributed by atoms with Crippen LogP contribution in [-0.2, 0) is 24.9 Å². The van der Waals surface area contributed by atoms with Crippen LogP contribution in [0.5, 0.6) is 0 Å². The first-order valence-electron chi connectivity index (χ1n) is 6.62. The summed E-state index contributed by atoms with van der Waals surface area (Å²) < 4.78 is 39.2. The highest BCUT2D eigenvalue weighted by atomic mass is 32.2. The second kappa shape index (κ2) is 6.30. The van der Waals surface area contributed by atoms with E-state index in [1.165, 1.54) is 0 Å². The molecule has 0 unspecified atom stereocenters. The number of thioether (sulfide) groups is 1. The highest BCUT2D eigenvalue weighted by Crippen LogP contribution is 2.33. The summed E-state index contributed by atoms with van der Waals surface area (Å²) in [5.41, 5.74) is -0.0116. The topological polar surface area (TPSA) is 37.8 Å². The lowest BCUT2D eigenvalue weighted by molar-refractivity contribution is -0.142. The molecule has 2 heterocycles. The molecule has 1 aromatic heterocycles. The fourth-order valence-corrected chi connectivity index (χ4v) is 2.98. The Hall–Kier alpha value is -0.820. The molecule has 112 valence electrons. The van der Waals surface area contributed by atoms with Crippen molar-refractivity contribution in [3.8, 4) is 0 Å². The smallest absolute Gasteiger partial charge is 0.312 e. The molecule has 20 heavy (non-hydrogen) atoms. The summed E-state index contributed by atoms with van der Waals surface area (Å²) in [5.74, 6) is 2.12. The van der Waals surface area contributed by atoms with Gasteiger partial charge in [0.2, 0.25) is 0 Å². The maximum absolute atomic E-state index is 13.1. The highest BCUT2D eigenvalue weighted by Gasteiger charge is 2.37. The van der Waals surface area contributed by atoms with Crippen LogP contribution in [0.15, 0.2) is 0 Å². The third-order valence-electron chi connectivity index (χ3n) is 2.93. The van der Waals surface area contributed by atoms with Gasteiger partial charge in [-0.1, -0.05) is 13.8 Å². The molecule has 2 rings (SSSR count). The van der Waals surface area contributed by atoms with Crippen LogP contribution in [0.1, 0.15) is 36.6 Å². The van der Waals surface area contributed by atoms with Gasteiger partial charge in [-0.15, -0.1) is 0 Å². The minimum atomic E-state index is -4.41. The van der Waals surface area contributed by atoms with Crippen LogP contribution in [0.3, 0.4) is 0 Å². The molecule has 1 aromatic rings. The zero-order valence-electron chi connectivity index (χ0n) is 11.5. The van der Waals surface area contributed by atoms with Crippen molar-refractivity contribution in [2.75, 3.05) is 12.3 Å². The normalized spacial score (nSPS) is 15.5. The number of fused-ring (bicyclic) bond motifs is 1. The van der Waals surface area contributed by atoms with Crippen molar-refractivity contribution in [3.63, 3.8) is 0 Å². The van der Waals surface area contributed by atoms with Gasteiger partial charge in [-0.2, -0.15) is 24.9 Å². The minimum Gasteiger partial charge on any atom is -0.312 e. The molecule has 0 spiro atoms. The Kier molecular flexibility index (Phi) is 4.90. The third kappa shape index (κ3) is 3.85. The summed E-state index contributed by atoms with van der Waals surface area (Å²) in [7, 11) is 0. The Labute approximate surface area is 120 Å². The Morgan fingerprint density at radius 2 is 2.05 bits per heavy atom. The van der Waals surface area contributed by atoms with E-state index in [1.807, 2.05) is 0 Å². The maximum atomic E-state index is 13.1. The van der Waals surface area contributed by atoms with E-state index in [2.05, 4.69) is 29.1 Å². The van der Waals surface area contributed by atoms with E-state index < -0.39 is 11.9 Å². The van der Waals surface area contributed by atoms with Crippen molar-refractivity contribution < 1.29 is 13.2 Å². The molecule has 0 radical (unpaired) electrons. The fraction of sp³-hybridized carbons (Fsp3) is 0.692. The molecule has 1 N–H and O–H groups in total. The monoisotopic (exact) mass is 305 g/mol. The SMILES string of the molecule is CC(C)CSCc1nc2c(c(C(F)(F)F)n1)CNCC2. The fourth-order valence-electron chi connectivity index (χ4n) is 2.08. The number of halogens is 3. The third-order valence-corrected chi connectivity index (χ3v) is 4.29. The predicted molar refractivity (Wildman–Crippen MR) is 73.4 cm³/mol. The van der Waals surface area contributed by atoms with E-state index in [0.717, 1.165) is 5.75 Å². The second-order valence-electron chi connectivity index (χ2n) is 5.25. The van der Waals surface area contributed by atoms with Crippen LogP contribution in [0, 0.1) is 5.92 Å². The van der Waals surface area contributed by atoms with Crippen LogP contribution in [-0.4, -0.2) is 22.3 Å². The predicted octanol–water partition coefficient (Wildman–Crippen LogP) is 3.03. The Morgan fingerprint density at radius 3 is 2.70 bits per heavy atom. The van der Waals surface area contributed by atoms with Gasteiger partial charge in [-0.05, 0) is 11.7 Å². The lowest BCUT2D eigenvalue weighted by Crippen LogP contribution is -2.29. The van der Waals surface area contributed by atoms with Crippen molar-refractivity contribution in [1.82, 2.24) is 15.3 Å². The van der Waals surface area contributed by atoms with Gasteiger partial charge in [0.25, 0.3) is 0 Å². The summed E-state index contributed by atoms with van der Waals surface area (Å²) in [6, 6.07) is 0. The van der Waals surface area contributed by atoms with Crippen molar-refractivity contribution >= 4 is 11.8 Å². The standard InChI is InChI=1S/C13H18F3N3S/c1-8(2)6-20-7-11-18-10-3-4-17-5-9(10)12(19-11)13(14,15)16/h8,17H,3-7H2,1-2H3.